The lowest BCUT2D eigenvalue weighted by molar-refractivity contribution is -0.310. The summed E-state index contributed by atoms with van der Waals surface area (Å²) in [5.74, 6) is -0.376. The lowest BCUT2D eigenvalue weighted by Crippen LogP contribution is -2.31. The van der Waals surface area contributed by atoms with Crippen molar-refractivity contribution in [1.82, 2.24) is 0 Å². The molecule has 0 saturated heterocycles. The number of benzene rings is 4. The molecule has 2 unspecified atom stereocenters. The van der Waals surface area contributed by atoms with Crippen molar-refractivity contribution in [3.8, 4) is 0 Å². The summed E-state index contributed by atoms with van der Waals surface area (Å²) in [4.78, 5) is 36.9. The first kappa shape index (κ1) is 18.9. The van der Waals surface area contributed by atoms with Crippen LogP contribution in [0.25, 0.3) is 33.7 Å². The summed E-state index contributed by atoms with van der Waals surface area (Å²) >= 11 is 0. The van der Waals surface area contributed by atoms with Crippen molar-refractivity contribution in [2.45, 2.75) is 12.2 Å². The molecule has 6 rings (SSSR count). The molecule has 2 aliphatic carbocycles. The van der Waals surface area contributed by atoms with Crippen LogP contribution in [0.15, 0.2) is 84.9 Å². The van der Waals surface area contributed by atoms with Gasteiger partial charge in [-0.05, 0) is 69.1 Å². The number of rotatable bonds is 3. The van der Waals surface area contributed by atoms with Crippen molar-refractivity contribution in [3.63, 3.8) is 0 Å². The molecule has 2 atom stereocenters. The summed E-state index contributed by atoms with van der Waals surface area (Å²) in [5.41, 5.74) is 2.87. The van der Waals surface area contributed by atoms with Gasteiger partial charge in [-0.1, -0.05) is 60.7 Å². The highest BCUT2D eigenvalue weighted by Gasteiger charge is 2.30. The summed E-state index contributed by atoms with van der Waals surface area (Å²) in [6.45, 7) is 0. The van der Waals surface area contributed by atoms with Gasteiger partial charge in [0.2, 0.25) is 0 Å². The predicted octanol–water partition coefficient (Wildman–Crippen LogP) is 5.80. The zero-order valence-electron chi connectivity index (χ0n) is 17.0. The molecular weight excluding hydrogens is 400 g/mol. The van der Waals surface area contributed by atoms with E-state index in [1.807, 2.05) is 84.9 Å². The van der Waals surface area contributed by atoms with Crippen molar-refractivity contribution < 1.29 is 19.4 Å². The Balaban J connectivity index is 1.22. The van der Waals surface area contributed by atoms with Crippen molar-refractivity contribution in [3.05, 3.63) is 107 Å². The van der Waals surface area contributed by atoms with Crippen LogP contribution in [0.4, 0.5) is 0 Å². The Kier molecular flexibility index (Phi) is 4.35. The first-order chi connectivity index (χ1) is 15.7. The smallest absolute Gasteiger partial charge is 0.199 e. The predicted molar refractivity (Wildman–Crippen MR) is 124 cm³/mol. The number of hydrogen-bond donors (Lipinski definition) is 0. The van der Waals surface area contributed by atoms with Crippen LogP contribution in [-0.4, -0.2) is 23.8 Å². The van der Waals surface area contributed by atoms with Gasteiger partial charge in [0, 0.05) is 11.1 Å². The lowest BCUT2D eigenvalue weighted by Gasteiger charge is -2.22. The molecule has 4 nitrogen and oxygen atoms in total. The molecule has 0 N–H and O–H groups in total. The summed E-state index contributed by atoms with van der Waals surface area (Å²) in [5, 5.41) is 4.12. The third-order valence-electron chi connectivity index (χ3n) is 6.05. The van der Waals surface area contributed by atoms with Gasteiger partial charge in [-0.2, -0.15) is 0 Å². The summed E-state index contributed by atoms with van der Waals surface area (Å²) in [6, 6.07) is 23.5. The average Bonchev–Trinajstić information content (AvgIpc) is 2.83. The molecule has 0 aliphatic heterocycles. The second-order valence-electron chi connectivity index (χ2n) is 8.05. The Bertz CT molecular complexity index is 1360. The highest BCUT2D eigenvalue weighted by molar-refractivity contribution is 6.10. The molecule has 0 fully saturated rings. The lowest BCUT2D eigenvalue weighted by atomic mass is 9.91. The quantitative estimate of drug-likeness (QED) is 0.312. The molecule has 0 heterocycles. The summed E-state index contributed by atoms with van der Waals surface area (Å²) < 4.78 is 0. The van der Waals surface area contributed by atoms with Gasteiger partial charge in [0.25, 0.3) is 0 Å². The van der Waals surface area contributed by atoms with Crippen LogP contribution < -0.4 is 0 Å². The number of carbonyl (C=O) groups excluding carboxylic acids is 2. The second-order valence-corrected chi connectivity index (χ2v) is 8.05. The molecule has 4 aromatic rings. The number of fused-ring (bicyclic) bond motifs is 4. The molecule has 0 spiro atoms. The molecule has 0 amide bonds. The van der Waals surface area contributed by atoms with Gasteiger partial charge in [-0.25, -0.2) is 9.78 Å². The monoisotopic (exact) mass is 418 g/mol. The third-order valence-corrected chi connectivity index (χ3v) is 6.05. The molecule has 0 radical (unpaired) electrons. The molecule has 4 heteroatoms. The van der Waals surface area contributed by atoms with E-state index in [2.05, 4.69) is 0 Å². The van der Waals surface area contributed by atoms with E-state index in [0.29, 0.717) is 11.1 Å². The van der Waals surface area contributed by atoms with E-state index in [9.17, 15) is 9.59 Å². The average molecular weight is 418 g/mol. The number of carbonyl (C=O) groups is 2. The minimum Gasteiger partial charge on any atom is -0.291 e. The Morgan fingerprint density at radius 2 is 0.906 bits per heavy atom. The largest absolute Gasteiger partial charge is 0.291 e. The van der Waals surface area contributed by atoms with Crippen LogP contribution in [0.3, 0.4) is 0 Å². The third kappa shape index (κ3) is 3.09. The van der Waals surface area contributed by atoms with E-state index in [-0.39, 0.29) is 11.6 Å². The van der Waals surface area contributed by atoms with Gasteiger partial charge in [0.05, 0.1) is 0 Å². The van der Waals surface area contributed by atoms with Gasteiger partial charge in [-0.15, -0.1) is 0 Å². The summed E-state index contributed by atoms with van der Waals surface area (Å²) in [6.07, 6.45) is 5.25. The van der Waals surface area contributed by atoms with Crippen molar-refractivity contribution in [1.29, 1.82) is 0 Å². The van der Waals surface area contributed by atoms with Crippen LogP contribution in [0.5, 0.6) is 0 Å². The standard InChI is InChI=1S/C28H18O4/c29-27-23-15-19-7-3-1-5-17(19)13-21(23)9-11-25(27)31-32-26-12-10-22-14-18-6-2-4-8-20(18)16-24(22)28(26)30/h1-16,25-26H. The molecule has 0 aromatic heterocycles. The van der Waals surface area contributed by atoms with Gasteiger partial charge in [0.1, 0.15) is 0 Å². The Labute approximate surface area is 184 Å². The van der Waals surface area contributed by atoms with Crippen molar-refractivity contribution >= 4 is 45.3 Å². The van der Waals surface area contributed by atoms with Crippen molar-refractivity contribution in [2.24, 2.45) is 0 Å². The van der Waals surface area contributed by atoms with Gasteiger partial charge in [0.15, 0.2) is 23.8 Å². The molecule has 0 saturated carbocycles. The Morgan fingerprint density at radius 1 is 0.531 bits per heavy atom. The van der Waals surface area contributed by atoms with E-state index < -0.39 is 12.2 Å². The van der Waals surface area contributed by atoms with Gasteiger partial charge >= 0.3 is 0 Å². The molecule has 32 heavy (non-hydrogen) atoms. The molecule has 2 aliphatic rings. The summed E-state index contributed by atoms with van der Waals surface area (Å²) in [7, 11) is 0. The maximum absolute atomic E-state index is 13.0. The van der Waals surface area contributed by atoms with E-state index in [4.69, 9.17) is 9.78 Å². The molecular formula is C28H18O4. The highest BCUT2D eigenvalue weighted by Crippen LogP contribution is 2.29. The zero-order valence-corrected chi connectivity index (χ0v) is 17.0. The van der Waals surface area contributed by atoms with E-state index in [0.717, 1.165) is 32.7 Å². The fraction of sp³-hybridized carbons (Fsp3) is 0.0714. The van der Waals surface area contributed by atoms with Gasteiger partial charge < -0.3 is 0 Å². The van der Waals surface area contributed by atoms with Crippen LogP contribution in [-0.2, 0) is 9.78 Å². The molecule has 4 aromatic carbocycles. The highest BCUT2D eigenvalue weighted by atomic mass is 17.2. The van der Waals surface area contributed by atoms with Crippen LogP contribution in [0.1, 0.15) is 31.8 Å². The SMILES string of the molecule is O=C1c2cc3ccccc3cc2C=CC1OOC1C=Cc2cc3ccccc3cc2C1=O. The van der Waals surface area contributed by atoms with Crippen LogP contribution >= 0.6 is 0 Å². The Morgan fingerprint density at radius 3 is 1.31 bits per heavy atom. The van der Waals surface area contributed by atoms with Gasteiger partial charge in [-0.3, -0.25) is 9.59 Å². The van der Waals surface area contributed by atoms with E-state index in [1.54, 1.807) is 12.2 Å². The van der Waals surface area contributed by atoms with Crippen LogP contribution in [0, 0.1) is 0 Å². The minimum atomic E-state index is -0.900. The minimum absolute atomic E-state index is 0.188. The number of hydrogen-bond acceptors (Lipinski definition) is 4. The Hall–Kier alpha value is -3.86. The fourth-order valence-electron chi connectivity index (χ4n) is 4.35. The normalized spacial score (nSPS) is 19.4. The maximum Gasteiger partial charge on any atom is 0.199 e. The first-order valence-corrected chi connectivity index (χ1v) is 10.5. The van der Waals surface area contributed by atoms with E-state index >= 15 is 0 Å². The number of Topliss-reactive ketones (excluding diaryl/α,β-unsaturated/α-hetero) is 2. The zero-order chi connectivity index (χ0) is 21.7. The topological polar surface area (TPSA) is 52.6 Å². The number of ketones is 2. The second kappa shape index (κ2) is 7.38. The first-order valence-electron chi connectivity index (χ1n) is 10.5. The maximum atomic E-state index is 13.0. The van der Waals surface area contributed by atoms with Crippen molar-refractivity contribution in [2.75, 3.05) is 0 Å². The molecule has 0 bridgehead atoms. The molecule has 154 valence electrons. The fourth-order valence-corrected chi connectivity index (χ4v) is 4.35. The van der Waals surface area contributed by atoms with Crippen LogP contribution in [0.2, 0.25) is 0 Å². The van der Waals surface area contributed by atoms with E-state index in [1.165, 1.54) is 0 Å².